The highest BCUT2D eigenvalue weighted by atomic mass is 35.5. The molecule has 0 amide bonds. The molecule has 0 saturated carbocycles. The number of imidazole rings is 1. The van der Waals surface area contributed by atoms with Gasteiger partial charge in [0.05, 0.1) is 23.5 Å². The van der Waals surface area contributed by atoms with Gasteiger partial charge in [0, 0.05) is 18.3 Å². The Morgan fingerprint density at radius 3 is 2.65 bits per heavy atom. The summed E-state index contributed by atoms with van der Waals surface area (Å²) in [6, 6.07) is 11.4. The molecule has 0 saturated heterocycles. The minimum absolute atomic E-state index is 0.392. The van der Waals surface area contributed by atoms with E-state index in [1.165, 1.54) is 0 Å². The van der Waals surface area contributed by atoms with Gasteiger partial charge >= 0.3 is 0 Å². The Hall–Kier alpha value is -2.04. The molecule has 0 unspecified atom stereocenters. The minimum atomic E-state index is 0.392. The molecule has 0 aliphatic carbocycles. The van der Waals surface area contributed by atoms with Crippen LogP contribution in [0.3, 0.4) is 0 Å². The van der Waals surface area contributed by atoms with Crippen LogP contribution in [0.4, 0.5) is 0 Å². The van der Waals surface area contributed by atoms with Crippen LogP contribution < -0.4 is 10.5 Å². The Labute approximate surface area is 121 Å². The highest BCUT2D eigenvalue weighted by molar-refractivity contribution is 6.33. The molecule has 3 rings (SSSR count). The lowest BCUT2D eigenvalue weighted by Gasteiger charge is -2.04. The number of pyridine rings is 1. The van der Waals surface area contributed by atoms with Gasteiger partial charge in [-0.1, -0.05) is 11.6 Å². The van der Waals surface area contributed by atoms with Crippen molar-refractivity contribution in [3.05, 3.63) is 53.3 Å². The number of methoxy groups -OCH3 is 1. The van der Waals surface area contributed by atoms with Gasteiger partial charge < -0.3 is 14.9 Å². The summed E-state index contributed by atoms with van der Waals surface area (Å²) < 4.78 is 7.10. The molecule has 4 nitrogen and oxygen atoms in total. The fraction of sp³-hybridized carbons (Fsp3) is 0.133. The molecule has 1 aromatic carbocycles. The van der Waals surface area contributed by atoms with Crippen molar-refractivity contribution < 1.29 is 4.74 Å². The van der Waals surface area contributed by atoms with E-state index in [-0.39, 0.29) is 0 Å². The zero-order chi connectivity index (χ0) is 14.1. The molecular weight excluding hydrogens is 274 g/mol. The molecule has 2 heterocycles. The number of nitrogens with two attached hydrogens (primary N) is 1. The molecule has 0 radical (unpaired) electrons. The number of hydrogen-bond donors (Lipinski definition) is 1. The molecule has 0 aliphatic rings. The van der Waals surface area contributed by atoms with Crippen molar-refractivity contribution in [1.29, 1.82) is 0 Å². The zero-order valence-electron chi connectivity index (χ0n) is 11.0. The molecule has 0 aliphatic heterocycles. The highest BCUT2D eigenvalue weighted by Gasteiger charge is 2.14. The largest absolute Gasteiger partial charge is 0.497 e. The first kappa shape index (κ1) is 13.0. The number of nitrogens with zero attached hydrogens (tertiary/aromatic N) is 2. The number of ether oxygens (including phenoxy) is 1. The Balaban J connectivity index is 2.21. The van der Waals surface area contributed by atoms with E-state index >= 15 is 0 Å². The van der Waals surface area contributed by atoms with Crippen molar-refractivity contribution >= 4 is 17.2 Å². The van der Waals surface area contributed by atoms with Crippen molar-refractivity contribution in [3.63, 3.8) is 0 Å². The van der Waals surface area contributed by atoms with Gasteiger partial charge in [-0.15, -0.1) is 0 Å². The first-order valence-corrected chi connectivity index (χ1v) is 6.62. The SMILES string of the molecule is COc1ccc(-c2nc3c(Cl)cccn3c2CN)cc1. The Bertz CT molecular complexity index is 750. The van der Waals surface area contributed by atoms with Crippen molar-refractivity contribution in [2.75, 3.05) is 7.11 Å². The van der Waals surface area contributed by atoms with Crippen LogP contribution in [-0.4, -0.2) is 16.5 Å². The maximum atomic E-state index is 6.19. The summed E-state index contributed by atoms with van der Waals surface area (Å²) in [4.78, 5) is 4.62. The maximum absolute atomic E-state index is 6.19. The lowest BCUT2D eigenvalue weighted by atomic mass is 10.1. The van der Waals surface area contributed by atoms with E-state index < -0.39 is 0 Å². The van der Waals surface area contributed by atoms with Gasteiger partial charge in [-0.3, -0.25) is 0 Å². The van der Waals surface area contributed by atoms with Gasteiger partial charge in [-0.05, 0) is 36.4 Å². The van der Waals surface area contributed by atoms with E-state index in [1.807, 2.05) is 47.0 Å². The van der Waals surface area contributed by atoms with Crippen LogP contribution in [-0.2, 0) is 6.54 Å². The number of fused-ring (bicyclic) bond motifs is 1. The van der Waals surface area contributed by atoms with Crippen molar-refractivity contribution in [1.82, 2.24) is 9.38 Å². The summed E-state index contributed by atoms with van der Waals surface area (Å²) in [6.45, 7) is 0.392. The molecule has 0 bridgehead atoms. The predicted octanol–water partition coefficient (Wildman–Crippen LogP) is 3.12. The van der Waals surface area contributed by atoms with E-state index in [0.29, 0.717) is 11.6 Å². The summed E-state index contributed by atoms with van der Waals surface area (Å²) in [5, 5.41) is 0.613. The van der Waals surface area contributed by atoms with Gasteiger partial charge in [0.2, 0.25) is 0 Å². The normalized spacial score (nSPS) is 10.9. The molecule has 0 fully saturated rings. The topological polar surface area (TPSA) is 52.5 Å². The number of aromatic nitrogens is 2. The lowest BCUT2D eigenvalue weighted by molar-refractivity contribution is 0.415. The smallest absolute Gasteiger partial charge is 0.156 e. The molecule has 102 valence electrons. The average molecular weight is 288 g/mol. The molecule has 20 heavy (non-hydrogen) atoms. The van der Waals surface area contributed by atoms with Crippen LogP contribution in [0.15, 0.2) is 42.6 Å². The average Bonchev–Trinajstić information content (AvgIpc) is 2.87. The van der Waals surface area contributed by atoms with E-state index in [9.17, 15) is 0 Å². The monoisotopic (exact) mass is 287 g/mol. The predicted molar refractivity (Wildman–Crippen MR) is 80.1 cm³/mol. The molecule has 0 spiro atoms. The van der Waals surface area contributed by atoms with Crippen molar-refractivity contribution in [2.45, 2.75) is 6.54 Å². The van der Waals surface area contributed by atoms with Gasteiger partial charge in [0.15, 0.2) is 5.65 Å². The van der Waals surface area contributed by atoms with Gasteiger partial charge in [0.1, 0.15) is 5.75 Å². The van der Waals surface area contributed by atoms with E-state index in [0.717, 1.165) is 28.3 Å². The summed E-state index contributed by atoms with van der Waals surface area (Å²) >= 11 is 6.19. The third kappa shape index (κ3) is 2.03. The fourth-order valence-electron chi connectivity index (χ4n) is 2.26. The Morgan fingerprint density at radius 1 is 1.25 bits per heavy atom. The standard InChI is InChI=1S/C15H14ClN3O/c1-20-11-6-4-10(5-7-11)14-13(9-17)19-8-2-3-12(16)15(19)18-14/h2-8H,9,17H2,1H3. The summed E-state index contributed by atoms with van der Waals surface area (Å²) in [6.07, 6.45) is 1.92. The van der Waals surface area contributed by atoms with Crippen LogP contribution in [0.5, 0.6) is 5.75 Å². The summed E-state index contributed by atoms with van der Waals surface area (Å²) in [5.74, 6) is 0.810. The third-order valence-electron chi connectivity index (χ3n) is 3.26. The Kier molecular flexibility index (Phi) is 3.34. The molecule has 3 aromatic rings. The second kappa shape index (κ2) is 5.15. The first-order valence-electron chi connectivity index (χ1n) is 6.24. The maximum Gasteiger partial charge on any atom is 0.156 e. The van der Waals surface area contributed by atoms with E-state index in [4.69, 9.17) is 22.1 Å². The molecular formula is C15H14ClN3O. The molecule has 5 heteroatoms. The van der Waals surface area contributed by atoms with Crippen molar-refractivity contribution in [2.24, 2.45) is 5.73 Å². The van der Waals surface area contributed by atoms with Gasteiger partial charge in [0.25, 0.3) is 0 Å². The summed E-state index contributed by atoms with van der Waals surface area (Å²) in [5.41, 5.74) is 9.38. The third-order valence-corrected chi connectivity index (χ3v) is 3.55. The lowest BCUT2D eigenvalue weighted by Crippen LogP contribution is -2.02. The van der Waals surface area contributed by atoms with Gasteiger partial charge in [-0.25, -0.2) is 4.98 Å². The van der Waals surface area contributed by atoms with E-state index in [2.05, 4.69) is 4.98 Å². The minimum Gasteiger partial charge on any atom is -0.497 e. The second-order valence-electron chi connectivity index (χ2n) is 4.39. The van der Waals surface area contributed by atoms with Crippen LogP contribution in [0.2, 0.25) is 5.02 Å². The first-order chi connectivity index (χ1) is 9.74. The second-order valence-corrected chi connectivity index (χ2v) is 4.80. The highest BCUT2D eigenvalue weighted by Crippen LogP contribution is 2.28. The Morgan fingerprint density at radius 2 is 2.00 bits per heavy atom. The molecule has 2 aromatic heterocycles. The van der Waals surface area contributed by atoms with Crippen LogP contribution >= 0.6 is 11.6 Å². The molecule has 2 N–H and O–H groups in total. The number of rotatable bonds is 3. The van der Waals surface area contributed by atoms with E-state index in [1.54, 1.807) is 7.11 Å². The number of benzene rings is 1. The zero-order valence-corrected chi connectivity index (χ0v) is 11.8. The van der Waals surface area contributed by atoms with Crippen LogP contribution in [0.1, 0.15) is 5.69 Å². The number of halogens is 1. The van der Waals surface area contributed by atoms with Crippen LogP contribution in [0.25, 0.3) is 16.9 Å². The molecule has 0 atom stereocenters. The van der Waals surface area contributed by atoms with Crippen molar-refractivity contribution in [3.8, 4) is 17.0 Å². The summed E-state index contributed by atoms with van der Waals surface area (Å²) in [7, 11) is 1.64. The quantitative estimate of drug-likeness (QED) is 0.805. The van der Waals surface area contributed by atoms with Crippen LogP contribution in [0, 0.1) is 0 Å². The van der Waals surface area contributed by atoms with Gasteiger partial charge in [-0.2, -0.15) is 0 Å². The fourth-order valence-corrected chi connectivity index (χ4v) is 2.46. The number of hydrogen-bond acceptors (Lipinski definition) is 3.